The summed E-state index contributed by atoms with van der Waals surface area (Å²) >= 11 is 3.45. The molecule has 2 heterocycles. The summed E-state index contributed by atoms with van der Waals surface area (Å²) in [5, 5.41) is 0.531. The first-order valence-electron chi connectivity index (χ1n) is 8.11. The Kier molecular flexibility index (Phi) is 3.92. The van der Waals surface area contributed by atoms with Crippen LogP contribution in [0.2, 0.25) is 0 Å². The summed E-state index contributed by atoms with van der Waals surface area (Å²) in [6.07, 6.45) is 1.85. The molecule has 130 valence electrons. The number of aromatic nitrogens is 3. The SMILES string of the molecule is Cn1c(=O)c2c(-c3ccccc3)n(-c3ccc(Br)cc3)cc2n(C)c1=O. The molecule has 2 aromatic heterocycles. The first-order chi connectivity index (χ1) is 12.5. The second-order valence-corrected chi connectivity index (χ2v) is 7.07. The highest BCUT2D eigenvalue weighted by molar-refractivity contribution is 9.10. The zero-order chi connectivity index (χ0) is 18.4. The molecular formula is C20H16BrN3O2. The Morgan fingerprint density at radius 3 is 2.15 bits per heavy atom. The summed E-state index contributed by atoms with van der Waals surface area (Å²) in [5.74, 6) is 0. The van der Waals surface area contributed by atoms with Gasteiger partial charge < -0.3 is 4.57 Å². The van der Waals surface area contributed by atoms with Gasteiger partial charge in [0.15, 0.2) is 0 Å². The molecule has 0 bridgehead atoms. The molecule has 4 rings (SSSR count). The number of rotatable bonds is 2. The number of benzene rings is 2. The molecule has 4 aromatic rings. The van der Waals surface area contributed by atoms with Gasteiger partial charge in [-0.15, -0.1) is 0 Å². The lowest BCUT2D eigenvalue weighted by Gasteiger charge is -2.10. The molecule has 0 amide bonds. The van der Waals surface area contributed by atoms with Crippen LogP contribution in [0.5, 0.6) is 0 Å². The van der Waals surface area contributed by atoms with Crippen LogP contribution in [-0.2, 0) is 14.1 Å². The molecule has 0 aliphatic rings. The minimum absolute atomic E-state index is 0.294. The van der Waals surface area contributed by atoms with E-state index in [2.05, 4.69) is 15.9 Å². The fourth-order valence-corrected chi connectivity index (χ4v) is 3.49. The van der Waals surface area contributed by atoms with E-state index < -0.39 is 0 Å². The smallest absolute Gasteiger partial charge is 0.314 e. The molecule has 6 heteroatoms. The van der Waals surface area contributed by atoms with Crippen molar-refractivity contribution < 1.29 is 0 Å². The summed E-state index contributed by atoms with van der Waals surface area (Å²) in [7, 11) is 3.20. The van der Waals surface area contributed by atoms with Crippen molar-refractivity contribution in [2.75, 3.05) is 0 Å². The van der Waals surface area contributed by atoms with Crippen LogP contribution in [0.1, 0.15) is 0 Å². The Morgan fingerprint density at radius 1 is 0.846 bits per heavy atom. The van der Waals surface area contributed by atoms with E-state index in [1.165, 1.54) is 11.6 Å². The molecule has 0 N–H and O–H groups in total. The fraction of sp³-hybridized carbons (Fsp3) is 0.100. The number of halogens is 1. The molecule has 0 fully saturated rings. The molecule has 0 aliphatic carbocycles. The maximum absolute atomic E-state index is 12.9. The minimum atomic E-state index is -0.338. The maximum Gasteiger partial charge on any atom is 0.330 e. The van der Waals surface area contributed by atoms with Crippen LogP contribution < -0.4 is 11.2 Å². The van der Waals surface area contributed by atoms with Gasteiger partial charge >= 0.3 is 5.69 Å². The van der Waals surface area contributed by atoms with E-state index >= 15 is 0 Å². The van der Waals surface area contributed by atoms with Crippen molar-refractivity contribution >= 4 is 26.8 Å². The van der Waals surface area contributed by atoms with Crippen molar-refractivity contribution in [1.82, 2.24) is 13.7 Å². The lowest BCUT2D eigenvalue weighted by atomic mass is 10.1. The first kappa shape index (κ1) is 16.6. The predicted molar refractivity (Wildman–Crippen MR) is 107 cm³/mol. The van der Waals surface area contributed by atoms with Crippen LogP contribution in [0.3, 0.4) is 0 Å². The first-order valence-corrected chi connectivity index (χ1v) is 8.91. The van der Waals surface area contributed by atoms with E-state index in [-0.39, 0.29) is 11.2 Å². The molecular weight excluding hydrogens is 394 g/mol. The highest BCUT2D eigenvalue weighted by Gasteiger charge is 2.19. The Bertz CT molecular complexity index is 1230. The monoisotopic (exact) mass is 409 g/mol. The number of hydrogen-bond acceptors (Lipinski definition) is 2. The number of aryl methyl sites for hydroxylation is 1. The average molecular weight is 410 g/mol. The average Bonchev–Trinajstić information content (AvgIpc) is 3.06. The standard InChI is InChI=1S/C20H16BrN3O2/c1-22-16-12-24(15-10-8-14(21)9-11-15)18(13-6-4-3-5-7-13)17(16)19(25)23(2)20(22)26/h3-12H,1-2H3. The van der Waals surface area contributed by atoms with Gasteiger partial charge in [0.2, 0.25) is 0 Å². The van der Waals surface area contributed by atoms with Gasteiger partial charge in [0.05, 0.1) is 16.6 Å². The van der Waals surface area contributed by atoms with Crippen LogP contribution in [0.25, 0.3) is 27.8 Å². The highest BCUT2D eigenvalue weighted by Crippen LogP contribution is 2.31. The van der Waals surface area contributed by atoms with Gasteiger partial charge in [0.1, 0.15) is 0 Å². The number of nitrogens with zero attached hydrogens (tertiary/aromatic N) is 3. The molecule has 0 radical (unpaired) electrons. The van der Waals surface area contributed by atoms with E-state index in [0.29, 0.717) is 10.9 Å². The van der Waals surface area contributed by atoms with Gasteiger partial charge in [-0.3, -0.25) is 13.9 Å². The summed E-state index contributed by atoms with van der Waals surface area (Å²) in [6.45, 7) is 0. The minimum Gasteiger partial charge on any atom is -0.314 e. The molecule has 0 unspecified atom stereocenters. The van der Waals surface area contributed by atoms with Crippen molar-refractivity contribution in [3.8, 4) is 16.9 Å². The van der Waals surface area contributed by atoms with Crippen LogP contribution in [0.4, 0.5) is 0 Å². The van der Waals surface area contributed by atoms with Crippen molar-refractivity contribution in [3.05, 3.63) is 86.1 Å². The Labute approximate surface area is 157 Å². The number of fused-ring (bicyclic) bond motifs is 1. The third kappa shape index (κ3) is 2.45. The molecule has 5 nitrogen and oxygen atoms in total. The van der Waals surface area contributed by atoms with Crippen molar-refractivity contribution in [1.29, 1.82) is 0 Å². The molecule has 0 spiro atoms. The summed E-state index contributed by atoms with van der Waals surface area (Å²) in [5.41, 5.74) is 2.59. The normalized spacial score (nSPS) is 11.2. The lowest BCUT2D eigenvalue weighted by molar-refractivity contribution is 0.714. The van der Waals surface area contributed by atoms with E-state index in [0.717, 1.165) is 26.0 Å². The second kappa shape index (κ2) is 6.14. The second-order valence-electron chi connectivity index (χ2n) is 6.16. The van der Waals surface area contributed by atoms with Gasteiger partial charge in [-0.2, -0.15) is 0 Å². The van der Waals surface area contributed by atoms with Crippen LogP contribution in [-0.4, -0.2) is 13.7 Å². The summed E-state index contributed by atoms with van der Waals surface area (Å²) < 4.78 is 5.61. The largest absolute Gasteiger partial charge is 0.330 e. The Morgan fingerprint density at radius 2 is 1.50 bits per heavy atom. The van der Waals surface area contributed by atoms with Crippen LogP contribution in [0, 0.1) is 0 Å². The Hall–Kier alpha value is -2.86. The third-order valence-electron chi connectivity index (χ3n) is 4.59. The number of hydrogen-bond donors (Lipinski definition) is 0. The fourth-order valence-electron chi connectivity index (χ4n) is 3.23. The predicted octanol–water partition coefficient (Wildman–Crippen LogP) is 3.46. The topological polar surface area (TPSA) is 48.9 Å². The molecule has 0 atom stereocenters. The summed E-state index contributed by atoms with van der Waals surface area (Å²) in [4.78, 5) is 25.3. The van der Waals surface area contributed by atoms with Crippen LogP contribution >= 0.6 is 15.9 Å². The molecule has 0 aliphatic heterocycles. The zero-order valence-electron chi connectivity index (χ0n) is 14.3. The van der Waals surface area contributed by atoms with Crippen molar-refractivity contribution in [2.24, 2.45) is 14.1 Å². The van der Waals surface area contributed by atoms with E-state index in [1.807, 2.05) is 65.4 Å². The van der Waals surface area contributed by atoms with Gasteiger partial charge in [-0.05, 0) is 29.8 Å². The van der Waals surface area contributed by atoms with E-state index in [1.54, 1.807) is 7.05 Å². The van der Waals surface area contributed by atoms with Gasteiger partial charge in [0.25, 0.3) is 5.56 Å². The van der Waals surface area contributed by atoms with Crippen LogP contribution in [0.15, 0.2) is 74.9 Å². The van der Waals surface area contributed by atoms with E-state index in [4.69, 9.17) is 0 Å². The Balaban J connectivity index is 2.20. The van der Waals surface area contributed by atoms with Crippen molar-refractivity contribution in [2.45, 2.75) is 0 Å². The maximum atomic E-state index is 12.9. The molecule has 0 saturated carbocycles. The lowest BCUT2D eigenvalue weighted by Crippen LogP contribution is -2.36. The van der Waals surface area contributed by atoms with Crippen molar-refractivity contribution in [3.63, 3.8) is 0 Å². The molecule has 26 heavy (non-hydrogen) atoms. The van der Waals surface area contributed by atoms with Gasteiger partial charge in [-0.1, -0.05) is 46.3 Å². The summed E-state index contributed by atoms with van der Waals surface area (Å²) in [6, 6.07) is 17.6. The van der Waals surface area contributed by atoms with E-state index in [9.17, 15) is 9.59 Å². The van der Waals surface area contributed by atoms with Gasteiger partial charge in [0, 0.05) is 30.5 Å². The molecule has 0 saturated heterocycles. The third-order valence-corrected chi connectivity index (χ3v) is 5.12. The quantitative estimate of drug-likeness (QED) is 0.508. The molecule has 2 aromatic carbocycles. The van der Waals surface area contributed by atoms with Gasteiger partial charge in [-0.25, -0.2) is 4.79 Å². The highest BCUT2D eigenvalue weighted by atomic mass is 79.9. The zero-order valence-corrected chi connectivity index (χ0v) is 15.9.